The van der Waals surface area contributed by atoms with E-state index in [9.17, 15) is 4.79 Å². The minimum Gasteiger partial charge on any atom is -0.469 e. The first-order chi connectivity index (χ1) is 7.33. The fourth-order valence-corrected chi connectivity index (χ4v) is 2.29. The van der Waals surface area contributed by atoms with E-state index in [4.69, 9.17) is 9.47 Å². The van der Waals surface area contributed by atoms with E-state index in [1.807, 2.05) is 0 Å². The molecule has 0 aromatic carbocycles. The molecule has 2 fully saturated rings. The van der Waals surface area contributed by atoms with Gasteiger partial charge < -0.3 is 14.8 Å². The Morgan fingerprint density at radius 3 is 2.80 bits per heavy atom. The summed E-state index contributed by atoms with van der Waals surface area (Å²) >= 11 is 0. The van der Waals surface area contributed by atoms with Crippen LogP contribution in [0.1, 0.15) is 0 Å². The number of carbonyl (C=O) groups is 1. The van der Waals surface area contributed by atoms with Crippen molar-refractivity contribution in [1.29, 1.82) is 0 Å². The first-order valence-corrected chi connectivity index (χ1v) is 5.43. The third kappa shape index (κ3) is 2.30. The lowest BCUT2D eigenvalue weighted by molar-refractivity contribution is -0.147. The number of rotatable bonds is 2. The second-order valence-corrected chi connectivity index (χ2v) is 4.02. The van der Waals surface area contributed by atoms with Crippen molar-refractivity contribution >= 4 is 5.97 Å². The zero-order valence-corrected chi connectivity index (χ0v) is 9.07. The van der Waals surface area contributed by atoms with E-state index >= 15 is 0 Å². The van der Waals surface area contributed by atoms with Crippen LogP contribution in [-0.4, -0.2) is 63.4 Å². The minimum absolute atomic E-state index is 0.104. The van der Waals surface area contributed by atoms with Crippen LogP contribution in [-0.2, 0) is 14.3 Å². The van der Waals surface area contributed by atoms with Gasteiger partial charge in [0, 0.05) is 32.2 Å². The summed E-state index contributed by atoms with van der Waals surface area (Å²) in [6.07, 6.45) is 0. The van der Waals surface area contributed by atoms with Crippen LogP contribution in [0, 0.1) is 5.92 Å². The Hall–Kier alpha value is -0.650. The average Bonchev–Trinajstić information content (AvgIpc) is 2.78. The van der Waals surface area contributed by atoms with E-state index in [1.165, 1.54) is 7.11 Å². The smallest absolute Gasteiger partial charge is 0.312 e. The molecular weight excluding hydrogens is 196 g/mol. The van der Waals surface area contributed by atoms with Crippen molar-refractivity contribution in [2.24, 2.45) is 5.92 Å². The highest BCUT2D eigenvalue weighted by Crippen LogP contribution is 2.21. The van der Waals surface area contributed by atoms with E-state index < -0.39 is 0 Å². The van der Waals surface area contributed by atoms with Crippen molar-refractivity contribution in [2.45, 2.75) is 6.04 Å². The largest absolute Gasteiger partial charge is 0.469 e. The number of nitrogens with zero attached hydrogens (tertiary/aromatic N) is 1. The molecule has 2 unspecified atom stereocenters. The van der Waals surface area contributed by atoms with E-state index in [0.29, 0.717) is 13.2 Å². The maximum Gasteiger partial charge on any atom is 0.312 e. The van der Waals surface area contributed by atoms with Crippen LogP contribution in [0.4, 0.5) is 0 Å². The first-order valence-electron chi connectivity index (χ1n) is 5.43. The quantitative estimate of drug-likeness (QED) is 0.602. The summed E-state index contributed by atoms with van der Waals surface area (Å²) in [5, 5.41) is 3.30. The molecular formula is C10H18N2O3. The van der Waals surface area contributed by atoms with Crippen LogP contribution in [0.5, 0.6) is 0 Å². The van der Waals surface area contributed by atoms with Crippen molar-refractivity contribution in [3.8, 4) is 0 Å². The summed E-state index contributed by atoms with van der Waals surface area (Å²) in [6, 6.07) is 0.208. The summed E-state index contributed by atoms with van der Waals surface area (Å²) in [5.41, 5.74) is 0. The second kappa shape index (κ2) is 4.92. The molecule has 2 heterocycles. The Kier molecular flexibility index (Phi) is 3.56. The first kappa shape index (κ1) is 10.9. The maximum atomic E-state index is 11.5. The van der Waals surface area contributed by atoms with Gasteiger partial charge >= 0.3 is 5.97 Å². The van der Waals surface area contributed by atoms with Gasteiger partial charge in [0.2, 0.25) is 0 Å². The number of nitrogens with one attached hydrogen (secondary N) is 1. The van der Waals surface area contributed by atoms with E-state index in [1.54, 1.807) is 0 Å². The van der Waals surface area contributed by atoms with Crippen LogP contribution in [0.25, 0.3) is 0 Å². The van der Waals surface area contributed by atoms with E-state index in [-0.39, 0.29) is 17.9 Å². The molecule has 2 atom stereocenters. The van der Waals surface area contributed by atoms with Crippen LogP contribution in [0.2, 0.25) is 0 Å². The number of hydrogen-bond acceptors (Lipinski definition) is 5. The highest BCUT2D eigenvalue weighted by molar-refractivity contribution is 5.73. The lowest BCUT2D eigenvalue weighted by Gasteiger charge is -2.33. The molecule has 2 aliphatic heterocycles. The summed E-state index contributed by atoms with van der Waals surface area (Å²) < 4.78 is 10.2. The average molecular weight is 214 g/mol. The number of ether oxygens (including phenoxy) is 2. The van der Waals surface area contributed by atoms with Gasteiger partial charge in [-0.1, -0.05) is 0 Å². The highest BCUT2D eigenvalue weighted by atomic mass is 16.5. The fraction of sp³-hybridized carbons (Fsp3) is 0.900. The van der Waals surface area contributed by atoms with Gasteiger partial charge in [-0.25, -0.2) is 0 Å². The molecule has 0 aliphatic carbocycles. The molecule has 2 rings (SSSR count). The van der Waals surface area contributed by atoms with Crippen LogP contribution in [0.15, 0.2) is 0 Å². The van der Waals surface area contributed by atoms with Gasteiger partial charge in [0.15, 0.2) is 0 Å². The third-order valence-electron chi connectivity index (χ3n) is 3.18. The molecule has 5 heteroatoms. The molecule has 0 amide bonds. The molecule has 0 aromatic heterocycles. The lowest BCUT2D eigenvalue weighted by atomic mass is 10.0. The lowest BCUT2D eigenvalue weighted by Crippen LogP contribution is -2.52. The molecule has 0 aromatic rings. The molecule has 2 saturated heterocycles. The van der Waals surface area contributed by atoms with Crippen molar-refractivity contribution in [2.75, 3.05) is 46.5 Å². The summed E-state index contributed by atoms with van der Waals surface area (Å²) in [6.45, 7) is 5.11. The van der Waals surface area contributed by atoms with Gasteiger partial charge in [-0.15, -0.1) is 0 Å². The Balaban J connectivity index is 1.97. The monoisotopic (exact) mass is 214 g/mol. The topological polar surface area (TPSA) is 50.8 Å². The predicted octanol–water partition coefficient (Wildman–Crippen LogP) is -0.920. The van der Waals surface area contributed by atoms with Crippen LogP contribution < -0.4 is 5.32 Å². The van der Waals surface area contributed by atoms with Gasteiger partial charge in [0.25, 0.3) is 0 Å². The standard InChI is InChI=1S/C10H18N2O3/c1-14-10(13)8-6-15-7-9(8)12-4-2-11-3-5-12/h8-9,11H,2-7H2,1H3. The van der Waals surface area contributed by atoms with Gasteiger partial charge in [0.1, 0.15) is 0 Å². The normalized spacial score (nSPS) is 32.9. The summed E-state index contributed by atoms with van der Waals surface area (Å²) in [4.78, 5) is 13.8. The molecule has 0 spiro atoms. The number of hydrogen-bond donors (Lipinski definition) is 1. The molecule has 1 N–H and O–H groups in total. The maximum absolute atomic E-state index is 11.5. The van der Waals surface area contributed by atoms with Gasteiger partial charge in [-0.3, -0.25) is 9.69 Å². The predicted molar refractivity (Wildman–Crippen MR) is 54.6 cm³/mol. The van der Waals surface area contributed by atoms with Crippen molar-refractivity contribution < 1.29 is 14.3 Å². The van der Waals surface area contributed by atoms with Crippen molar-refractivity contribution in [3.05, 3.63) is 0 Å². The molecule has 0 radical (unpaired) electrons. The minimum atomic E-state index is -0.143. The van der Waals surface area contributed by atoms with Gasteiger partial charge in [-0.2, -0.15) is 0 Å². The number of methoxy groups -OCH3 is 1. The van der Waals surface area contributed by atoms with Crippen LogP contribution in [0.3, 0.4) is 0 Å². The molecule has 5 nitrogen and oxygen atoms in total. The van der Waals surface area contributed by atoms with Gasteiger partial charge in [0.05, 0.1) is 26.2 Å². The Morgan fingerprint density at radius 1 is 1.40 bits per heavy atom. The number of piperazine rings is 1. The Morgan fingerprint density at radius 2 is 2.13 bits per heavy atom. The van der Waals surface area contributed by atoms with E-state index in [0.717, 1.165) is 26.2 Å². The summed E-state index contributed by atoms with van der Waals surface area (Å²) in [5.74, 6) is -0.246. The van der Waals surface area contributed by atoms with Crippen LogP contribution >= 0.6 is 0 Å². The van der Waals surface area contributed by atoms with Crippen molar-refractivity contribution in [3.63, 3.8) is 0 Å². The molecule has 0 bridgehead atoms. The molecule has 0 saturated carbocycles. The Bertz CT molecular complexity index is 229. The highest BCUT2D eigenvalue weighted by Gasteiger charge is 2.38. The zero-order valence-electron chi connectivity index (χ0n) is 9.07. The van der Waals surface area contributed by atoms with E-state index in [2.05, 4.69) is 10.2 Å². The fourth-order valence-electron chi connectivity index (χ4n) is 2.29. The number of esters is 1. The molecule has 2 aliphatic rings. The van der Waals surface area contributed by atoms with Gasteiger partial charge in [-0.05, 0) is 0 Å². The summed E-state index contributed by atoms with van der Waals surface area (Å²) in [7, 11) is 1.44. The van der Waals surface area contributed by atoms with Crippen molar-refractivity contribution in [1.82, 2.24) is 10.2 Å². The number of carbonyl (C=O) groups excluding carboxylic acids is 1. The molecule has 15 heavy (non-hydrogen) atoms. The second-order valence-electron chi connectivity index (χ2n) is 4.02. The Labute approximate surface area is 89.7 Å². The zero-order chi connectivity index (χ0) is 10.7. The SMILES string of the molecule is COC(=O)C1COCC1N1CCNCC1. The molecule has 86 valence electrons. The third-order valence-corrected chi connectivity index (χ3v) is 3.18.